The minimum atomic E-state index is -0.584. The second kappa shape index (κ2) is 7.35. The first-order chi connectivity index (χ1) is 12.4. The molecule has 0 atom stereocenters. The number of halogens is 1. The van der Waals surface area contributed by atoms with Gasteiger partial charge in [-0.1, -0.05) is 12.1 Å². The van der Waals surface area contributed by atoms with E-state index in [1.54, 1.807) is 18.2 Å². The van der Waals surface area contributed by atoms with Crippen LogP contribution in [0.15, 0.2) is 57.8 Å². The summed E-state index contributed by atoms with van der Waals surface area (Å²) in [6.07, 6.45) is 2.69. The topological polar surface area (TPSA) is 56.5 Å². The monoisotopic (exact) mass is 352 g/mol. The Morgan fingerprint density at radius 1 is 1.15 bits per heavy atom. The maximum atomic E-state index is 13.1. The molecule has 0 saturated heterocycles. The standard InChI is InChI=1S/C21H17FO4/c1-13-8-18-16(11-21(24)26-19(18)9-14(13)2)12-25-20(23)7-6-15-4-3-5-17(22)10-15/h3-11H,12H2,1-2H3/b7-6+. The van der Waals surface area contributed by atoms with Gasteiger partial charge in [-0.25, -0.2) is 14.0 Å². The van der Waals surface area contributed by atoms with Gasteiger partial charge in [0.2, 0.25) is 0 Å². The summed E-state index contributed by atoms with van der Waals surface area (Å²) in [5, 5.41) is 0.731. The predicted octanol–water partition coefficient (Wildman–Crippen LogP) is 4.31. The molecular weight excluding hydrogens is 335 g/mol. The molecule has 2 aromatic carbocycles. The van der Waals surface area contributed by atoms with Crippen molar-refractivity contribution in [2.75, 3.05) is 0 Å². The fourth-order valence-corrected chi connectivity index (χ4v) is 2.57. The van der Waals surface area contributed by atoms with Crippen molar-refractivity contribution in [1.82, 2.24) is 0 Å². The Balaban J connectivity index is 1.78. The molecule has 3 aromatic rings. The summed E-state index contributed by atoms with van der Waals surface area (Å²) in [5.74, 6) is -0.965. The van der Waals surface area contributed by atoms with E-state index in [0.717, 1.165) is 16.5 Å². The van der Waals surface area contributed by atoms with E-state index in [4.69, 9.17) is 9.15 Å². The van der Waals surface area contributed by atoms with Gasteiger partial charge in [-0.3, -0.25) is 0 Å². The number of hydrogen-bond donors (Lipinski definition) is 0. The summed E-state index contributed by atoms with van der Waals surface area (Å²) in [4.78, 5) is 23.6. The minimum Gasteiger partial charge on any atom is -0.458 e. The lowest BCUT2D eigenvalue weighted by atomic mass is 10.0. The molecule has 0 bridgehead atoms. The first kappa shape index (κ1) is 17.6. The Morgan fingerprint density at radius 3 is 2.69 bits per heavy atom. The van der Waals surface area contributed by atoms with Crippen LogP contribution in [0, 0.1) is 19.7 Å². The molecular formula is C21H17FO4. The Kier molecular flexibility index (Phi) is 4.98. The number of carbonyl (C=O) groups is 1. The molecule has 0 saturated carbocycles. The van der Waals surface area contributed by atoms with Crippen LogP contribution in [0.1, 0.15) is 22.3 Å². The van der Waals surface area contributed by atoms with Gasteiger partial charge in [-0.2, -0.15) is 0 Å². The highest BCUT2D eigenvalue weighted by Gasteiger charge is 2.09. The summed E-state index contributed by atoms with van der Waals surface area (Å²) >= 11 is 0. The molecule has 4 nitrogen and oxygen atoms in total. The molecule has 0 spiro atoms. The number of hydrogen-bond acceptors (Lipinski definition) is 4. The van der Waals surface area contributed by atoms with Crippen LogP contribution in [0.4, 0.5) is 4.39 Å². The minimum absolute atomic E-state index is 0.0586. The van der Waals surface area contributed by atoms with Crippen LogP contribution in [0.2, 0.25) is 0 Å². The Bertz CT molecular complexity index is 1060. The van der Waals surface area contributed by atoms with Crippen molar-refractivity contribution in [3.05, 3.63) is 87.0 Å². The van der Waals surface area contributed by atoms with Crippen molar-refractivity contribution >= 4 is 23.0 Å². The SMILES string of the molecule is Cc1cc2oc(=O)cc(COC(=O)/C=C/c3cccc(F)c3)c2cc1C. The average molecular weight is 352 g/mol. The van der Waals surface area contributed by atoms with Crippen LogP contribution < -0.4 is 5.63 Å². The number of fused-ring (bicyclic) bond motifs is 1. The molecule has 3 rings (SSSR count). The summed E-state index contributed by atoms with van der Waals surface area (Å²) < 4.78 is 23.5. The van der Waals surface area contributed by atoms with E-state index in [2.05, 4.69) is 0 Å². The van der Waals surface area contributed by atoms with Crippen LogP contribution in [-0.4, -0.2) is 5.97 Å². The molecule has 5 heteroatoms. The fraction of sp³-hybridized carbons (Fsp3) is 0.143. The first-order valence-corrected chi connectivity index (χ1v) is 8.07. The molecule has 0 amide bonds. The molecule has 132 valence electrons. The number of aryl methyl sites for hydroxylation is 2. The van der Waals surface area contributed by atoms with E-state index < -0.39 is 11.6 Å². The summed E-state index contributed by atoms with van der Waals surface area (Å²) in [6.45, 7) is 3.83. The van der Waals surface area contributed by atoms with E-state index in [-0.39, 0.29) is 12.4 Å². The quantitative estimate of drug-likeness (QED) is 0.399. The van der Waals surface area contributed by atoms with Gasteiger partial charge in [0.15, 0.2) is 0 Å². The van der Waals surface area contributed by atoms with Crippen molar-refractivity contribution in [2.24, 2.45) is 0 Å². The number of ether oxygens (including phenoxy) is 1. The number of benzene rings is 2. The Morgan fingerprint density at radius 2 is 1.92 bits per heavy atom. The molecule has 0 aliphatic rings. The number of esters is 1. The van der Waals surface area contributed by atoms with Crippen LogP contribution in [0.25, 0.3) is 17.0 Å². The summed E-state index contributed by atoms with van der Waals surface area (Å²) in [6, 6.07) is 10.9. The van der Waals surface area contributed by atoms with Gasteiger partial charge in [0.1, 0.15) is 18.0 Å². The highest BCUT2D eigenvalue weighted by atomic mass is 19.1. The van der Waals surface area contributed by atoms with Crippen molar-refractivity contribution in [3.63, 3.8) is 0 Å². The van der Waals surface area contributed by atoms with E-state index >= 15 is 0 Å². The van der Waals surface area contributed by atoms with Crippen molar-refractivity contribution in [1.29, 1.82) is 0 Å². The largest absolute Gasteiger partial charge is 0.458 e. The molecule has 1 aromatic heterocycles. The van der Waals surface area contributed by atoms with Gasteiger partial charge in [0.25, 0.3) is 0 Å². The molecule has 0 aliphatic carbocycles. The summed E-state index contributed by atoms with van der Waals surface area (Å²) in [7, 11) is 0. The van der Waals surface area contributed by atoms with Gasteiger partial charge in [0, 0.05) is 23.1 Å². The Hall–Kier alpha value is -3.21. The van der Waals surface area contributed by atoms with E-state index in [1.165, 1.54) is 30.4 Å². The molecule has 0 radical (unpaired) electrons. The van der Waals surface area contributed by atoms with Gasteiger partial charge < -0.3 is 9.15 Å². The van der Waals surface area contributed by atoms with E-state index in [9.17, 15) is 14.0 Å². The third-order valence-electron chi connectivity index (χ3n) is 4.07. The Labute approximate surface area is 149 Å². The van der Waals surface area contributed by atoms with Crippen molar-refractivity contribution in [2.45, 2.75) is 20.5 Å². The van der Waals surface area contributed by atoms with E-state index in [1.807, 2.05) is 19.9 Å². The number of rotatable bonds is 4. The molecule has 0 fully saturated rings. The van der Waals surface area contributed by atoms with Crippen LogP contribution in [0.5, 0.6) is 0 Å². The smallest absolute Gasteiger partial charge is 0.336 e. The highest BCUT2D eigenvalue weighted by Crippen LogP contribution is 2.22. The van der Waals surface area contributed by atoms with Crippen LogP contribution in [0.3, 0.4) is 0 Å². The highest BCUT2D eigenvalue weighted by molar-refractivity contribution is 5.87. The third kappa shape index (κ3) is 4.06. The zero-order chi connectivity index (χ0) is 18.7. The summed E-state index contributed by atoms with van der Waals surface area (Å²) in [5.41, 5.74) is 3.15. The zero-order valence-corrected chi connectivity index (χ0v) is 14.4. The van der Waals surface area contributed by atoms with Crippen molar-refractivity contribution in [3.8, 4) is 0 Å². The molecule has 26 heavy (non-hydrogen) atoms. The lowest BCUT2D eigenvalue weighted by Crippen LogP contribution is -2.06. The average Bonchev–Trinajstić information content (AvgIpc) is 2.59. The first-order valence-electron chi connectivity index (χ1n) is 8.07. The maximum Gasteiger partial charge on any atom is 0.336 e. The lowest BCUT2D eigenvalue weighted by molar-refractivity contribution is -0.138. The van der Waals surface area contributed by atoms with Gasteiger partial charge in [0.05, 0.1) is 0 Å². The van der Waals surface area contributed by atoms with Crippen LogP contribution in [-0.2, 0) is 16.1 Å². The van der Waals surface area contributed by atoms with E-state index in [0.29, 0.717) is 16.7 Å². The molecule has 0 unspecified atom stereocenters. The second-order valence-corrected chi connectivity index (χ2v) is 6.02. The molecule has 0 N–H and O–H groups in total. The second-order valence-electron chi connectivity index (χ2n) is 6.02. The van der Waals surface area contributed by atoms with Crippen LogP contribution >= 0.6 is 0 Å². The molecule has 0 aliphatic heterocycles. The third-order valence-corrected chi connectivity index (χ3v) is 4.07. The molecule has 1 heterocycles. The van der Waals surface area contributed by atoms with Crippen molar-refractivity contribution < 1.29 is 18.3 Å². The number of carbonyl (C=O) groups excluding carboxylic acids is 1. The predicted molar refractivity (Wildman–Crippen MR) is 97.2 cm³/mol. The van der Waals surface area contributed by atoms with Gasteiger partial charge >= 0.3 is 11.6 Å². The maximum absolute atomic E-state index is 13.1. The normalized spacial score (nSPS) is 11.2. The van der Waals surface area contributed by atoms with Gasteiger partial charge in [-0.15, -0.1) is 0 Å². The fourth-order valence-electron chi connectivity index (χ4n) is 2.57. The zero-order valence-electron chi connectivity index (χ0n) is 14.4. The van der Waals surface area contributed by atoms with Gasteiger partial charge in [-0.05, 0) is 60.9 Å². The lowest BCUT2D eigenvalue weighted by Gasteiger charge is -2.08.